The highest BCUT2D eigenvalue weighted by atomic mass is 16.5. The smallest absolute Gasteiger partial charge is 0.306 e. The normalized spacial score (nSPS) is 15.7. The molecule has 136 valence electrons. The monoisotopic (exact) mass is 352 g/mol. The molecule has 3 rings (SSSR count). The third-order valence-electron chi connectivity index (χ3n) is 4.88. The summed E-state index contributed by atoms with van der Waals surface area (Å²) in [4.78, 5) is 25.0. The van der Waals surface area contributed by atoms with Crippen LogP contribution in [-0.2, 0) is 27.2 Å². The molecule has 0 aliphatic carbocycles. The maximum Gasteiger partial charge on any atom is 0.306 e. The van der Waals surface area contributed by atoms with Crippen LogP contribution in [0.15, 0.2) is 42.5 Å². The van der Waals surface area contributed by atoms with Crippen molar-refractivity contribution in [1.82, 2.24) is 0 Å². The molecular formula is C21H24N2O3. The molecule has 0 fully saturated rings. The molecule has 0 bridgehead atoms. The van der Waals surface area contributed by atoms with Crippen LogP contribution in [0.3, 0.4) is 0 Å². The number of carbonyl (C=O) groups excluding carboxylic acids is 2. The number of hydrogen-bond donors (Lipinski definition) is 1. The summed E-state index contributed by atoms with van der Waals surface area (Å²) in [5.74, 6) is -1.03. The number of anilines is 2. The first-order chi connectivity index (χ1) is 12.6. The Labute approximate surface area is 153 Å². The summed E-state index contributed by atoms with van der Waals surface area (Å²) in [6, 6.07) is 13.8. The van der Waals surface area contributed by atoms with Crippen molar-refractivity contribution in [2.45, 2.75) is 39.0 Å². The molecule has 0 saturated carbocycles. The van der Waals surface area contributed by atoms with E-state index in [-0.39, 0.29) is 18.3 Å². The van der Waals surface area contributed by atoms with Crippen LogP contribution in [0.2, 0.25) is 0 Å². The number of amides is 1. The quantitative estimate of drug-likeness (QED) is 0.803. The molecule has 2 aromatic carbocycles. The fraction of sp³-hybridized carbons (Fsp3) is 0.333. The lowest BCUT2D eigenvalue weighted by molar-refractivity contribution is -0.142. The fourth-order valence-corrected chi connectivity index (χ4v) is 3.47. The number of hydrogen-bond acceptors (Lipinski definition) is 4. The number of nitrogens with zero attached hydrogens (tertiary/aromatic N) is 1. The highest BCUT2D eigenvalue weighted by Gasteiger charge is 2.40. The number of fused-ring (bicyclic) bond motifs is 1. The van der Waals surface area contributed by atoms with Gasteiger partial charge in [0.05, 0.1) is 30.8 Å². The Morgan fingerprint density at radius 3 is 2.46 bits per heavy atom. The second-order valence-electron chi connectivity index (χ2n) is 6.34. The van der Waals surface area contributed by atoms with Crippen molar-refractivity contribution in [3.8, 4) is 0 Å². The Kier molecular flexibility index (Phi) is 5.26. The Morgan fingerprint density at radius 1 is 1.08 bits per heavy atom. The summed E-state index contributed by atoms with van der Waals surface area (Å²) in [7, 11) is 1.35. The maximum atomic E-state index is 13.1. The lowest BCUT2D eigenvalue weighted by Crippen LogP contribution is -2.35. The second-order valence-corrected chi connectivity index (χ2v) is 6.34. The summed E-state index contributed by atoms with van der Waals surface area (Å²) in [5.41, 5.74) is 8.14. The zero-order valence-electron chi connectivity index (χ0n) is 15.4. The lowest BCUT2D eigenvalue weighted by atomic mass is 9.95. The zero-order chi connectivity index (χ0) is 18.7. The van der Waals surface area contributed by atoms with Crippen molar-refractivity contribution < 1.29 is 14.3 Å². The van der Waals surface area contributed by atoms with E-state index >= 15 is 0 Å². The molecule has 1 amide bonds. The number of para-hydroxylation sites is 2. The van der Waals surface area contributed by atoms with Crippen molar-refractivity contribution in [1.29, 1.82) is 0 Å². The Bertz CT molecular complexity index is 832. The predicted molar refractivity (Wildman–Crippen MR) is 102 cm³/mol. The van der Waals surface area contributed by atoms with Gasteiger partial charge in [0, 0.05) is 0 Å². The average Bonchev–Trinajstić information content (AvgIpc) is 2.94. The van der Waals surface area contributed by atoms with Gasteiger partial charge in [-0.25, -0.2) is 5.01 Å². The first kappa shape index (κ1) is 18.0. The number of hydrazine groups is 1. The topological polar surface area (TPSA) is 58.6 Å². The van der Waals surface area contributed by atoms with Crippen molar-refractivity contribution in [3.05, 3.63) is 59.2 Å². The molecule has 1 unspecified atom stereocenters. The summed E-state index contributed by atoms with van der Waals surface area (Å²) in [6.07, 6.45) is 1.71. The molecule has 5 nitrogen and oxygen atoms in total. The van der Waals surface area contributed by atoms with Crippen LogP contribution in [0.5, 0.6) is 0 Å². The van der Waals surface area contributed by atoms with Crippen LogP contribution in [0.1, 0.15) is 42.9 Å². The third kappa shape index (κ3) is 3.17. The van der Waals surface area contributed by atoms with Gasteiger partial charge in [-0.15, -0.1) is 0 Å². The minimum Gasteiger partial charge on any atom is -0.469 e. The minimum atomic E-state index is -0.523. The number of benzene rings is 2. The van der Waals surface area contributed by atoms with Gasteiger partial charge in [0.2, 0.25) is 0 Å². The SMILES string of the molecule is CCc1ccccc1NN1C(=O)C(CC(=O)OC)c2cccc(CC)c21. The molecule has 5 heteroatoms. The summed E-state index contributed by atoms with van der Waals surface area (Å²) >= 11 is 0. The molecule has 0 saturated heterocycles. The molecule has 0 aromatic heterocycles. The summed E-state index contributed by atoms with van der Waals surface area (Å²) in [6.45, 7) is 4.14. The second kappa shape index (κ2) is 7.60. The predicted octanol–water partition coefficient (Wildman–Crippen LogP) is 3.83. The molecule has 1 N–H and O–H groups in total. The first-order valence-electron chi connectivity index (χ1n) is 8.97. The third-order valence-corrected chi connectivity index (χ3v) is 4.88. The Hall–Kier alpha value is -2.82. The van der Waals surface area contributed by atoms with Crippen molar-refractivity contribution >= 4 is 23.3 Å². The molecule has 0 spiro atoms. The largest absolute Gasteiger partial charge is 0.469 e. The number of nitrogens with one attached hydrogen (secondary N) is 1. The van der Waals surface area contributed by atoms with Crippen molar-refractivity contribution in [2.24, 2.45) is 0 Å². The Balaban J connectivity index is 2.03. The minimum absolute atomic E-state index is 0.0447. The number of methoxy groups -OCH3 is 1. The van der Waals surface area contributed by atoms with Gasteiger partial charge >= 0.3 is 5.97 Å². The van der Waals surface area contributed by atoms with Gasteiger partial charge in [-0.3, -0.25) is 15.0 Å². The van der Waals surface area contributed by atoms with Crippen LogP contribution in [0, 0.1) is 0 Å². The van der Waals surface area contributed by atoms with E-state index in [0.29, 0.717) is 0 Å². The number of carbonyl (C=O) groups is 2. The van der Waals surface area contributed by atoms with Gasteiger partial charge in [-0.05, 0) is 35.6 Å². The number of aryl methyl sites for hydroxylation is 2. The van der Waals surface area contributed by atoms with Crippen LogP contribution in [0.25, 0.3) is 0 Å². The van der Waals surface area contributed by atoms with Crippen LogP contribution in [-0.4, -0.2) is 19.0 Å². The summed E-state index contributed by atoms with van der Waals surface area (Å²) in [5, 5.41) is 1.61. The van der Waals surface area contributed by atoms with Gasteiger partial charge in [-0.1, -0.05) is 50.2 Å². The van der Waals surface area contributed by atoms with E-state index in [1.54, 1.807) is 5.01 Å². The first-order valence-corrected chi connectivity index (χ1v) is 8.97. The van der Waals surface area contributed by atoms with E-state index in [2.05, 4.69) is 19.3 Å². The zero-order valence-corrected chi connectivity index (χ0v) is 15.4. The van der Waals surface area contributed by atoms with Crippen LogP contribution in [0.4, 0.5) is 11.4 Å². The maximum absolute atomic E-state index is 13.1. The number of esters is 1. The summed E-state index contributed by atoms with van der Waals surface area (Å²) < 4.78 is 4.79. The molecule has 1 heterocycles. The van der Waals surface area contributed by atoms with Gasteiger partial charge in [0.15, 0.2) is 0 Å². The van der Waals surface area contributed by atoms with E-state index < -0.39 is 5.92 Å². The molecule has 1 aliphatic heterocycles. The molecule has 1 aliphatic rings. The van der Waals surface area contributed by atoms with E-state index in [1.165, 1.54) is 7.11 Å². The number of rotatable bonds is 6. The molecule has 2 aromatic rings. The molecule has 1 atom stereocenters. The van der Waals surface area contributed by atoms with Gasteiger partial charge in [0.1, 0.15) is 0 Å². The van der Waals surface area contributed by atoms with Gasteiger partial charge < -0.3 is 4.74 Å². The van der Waals surface area contributed by atoms with Gasteiger partial charge in [0.25, 0.3) is 5.91 Å². The Morgan fingerprint density at radius 2 is 1.77 bits per heavy atom. The van der Waals surface area contributed by atoms with Crippen molar-refractivity contribution in [3.63, 3.8) is 0 Å². The van der Waals surface area contributed by atoms with E-state index in [4.69, 9.17) is 4.74 Å². The average molecular weight is 352 g/mol. The fourth-order valence-electron chi connectivity index (χ4n) is 3.47. The van der Waals surface area contributed by atoms with Gasteiger partial charge in [-0.2, -0.15) is 0 Å². The lowest BCUT2D eigenvalue weighted by Gasteiger charge is -2.23. The number of ether oxygens (including phenoxy) is 1. The van der Waals surface area contributed by atoms with E-state index in [1.807, 2.05) is 42.5 Å². The molecule has 0 radical (unpaired) electrons. The standard InChI is InChI=1S/C21H24N2O3/c1-4-14-9-6-7-12-18(14)22-23-20-15(5-2)10-8-11-16(20)17(21(23)25)13-19(24)26-3/h6-12,17,22H,4-5,13H2,1-3H3. The van der Waals surface area contributed by atoms with E-state index in [0.717, 1.165) is 40.9 Å². The highest BCUT2D eigenvalue weighted by Crippen LogP contribution is 2.42. The molecular weight excluding hydrogens is 328 g/mol. The van der Waals surface area contributed by atoms with E-state index in [9.17, 15) is 9.59 Å². The van der Waals surface area contributed by atoms with Crippen molar-refractivity contribution in [2.75, 3.05) is 17.5 Å². The highest BCUT2D eigenvalue weighted by molar-refractivity contribution is 6.08. The molecule has 26 heavy (non-hydrogen) atoms. The van der Waals surface area contributed by atoms with Crippen LogP contribution < -0.4 is 10.4 Å². The van der Waals surface area contributed by atoms with Crippen LogP contribution >= 0.6 is 0 Å².